The lowest BCUT2D eigenvalue weighted by Gasteiger charge is -2.02. The Hall–Kier alpha value is -2.17. The Morgan fingerprint density at radius 2 is 2.36 bits per heavy atom. The molecule has 0 aliphatic rings. The van der Waals surface area contributed by atoms with E-state index in [0.717, 1.165) is 6.08 Å². The molecule has 2 amide bonds. The van der Waals surface area contributed by atoms with E-state index in [1.54, 1.807) is 18.3 Å². The van der Waals surface area contributed by atoms with Crippen molar-refractivity contribution in [2.45, 2.75) is 0 Å². The number of nitrogens with zero attached hydrogens (tertiary/aromatic N) is 1. The predicted molar refractivity (Wildman–Crippen MR) is 48.6 cm³/mol. The van der Waals surface area contributed by atoms with Crippen molar-refractivity contribution in [1.82, 2.24) is 10.3 Å². The first-order chi connectivity index (χ1) is 6.72. The quantitative estimate of drug-likeness (QED) is 0.706. The molecule has 14 heavy (non-hydrogen) atoms. The van der Waals surface area contributed by atoms with Crippen molar-refractivity contribution in [3.63, 3.8) is 0 Å². The highest BCUT2D eigenvalue weighted by Gasteiger charge is 2.06. The lowest BCUT2D eigenvalue weighted by Crippen LogP contribution is -2.31. The number of aromatic nitrogens is 1. The van der Waals surface area contributed by atoms with Gasteiger partial charge in [0, 0.05) is 6.20 Å². The summed E-state index contributed by atoms with van der Waals surface area (Å²) in [4.78, 5) is 25.3. The van der Waals surface area contributed by atoms with Crippen LogP contribution in [0.5, 0.6) is 5.75 Å². The topological polar surface area (TPSA) is 68.3 Å². The Morgan fingerprint density at radius 1 is 1.57 bits per heavy atom. The van der Waals surface area contributed by atoms with Crippen LogP contribution < -0.4 is 10.1 Å². The molecule has 5 heteroatoms. The van der Waals surface area contributed by atoms with E-state index < -0.39 is 12.0 Å². The predicted octanol–water partition coefficient (Wildman–Crippen LogP) is 0.883. The number of ether oxygens (including phenoxy) is 1. The van der Waals surface area contributed by atoms with Gasteiger partial charge in [0.1, 0.15) is 0 Å². The normalized spacial score (nSPS) is 8.86. The number of imide groups is 1. The summed E-state index contributed by atoms with van der Waals surface area (Å²) in [6, 6.07) is 3.16. The number of hydrogen-bond acceptors (Lipinski definition) is 4. The van der Waals surface area contributed by atoms with Crippen LogP contribution >= 0.6 is 0 Å². The van der Waals surface area contributed by atoms with Crippen LogP contribution in [-0.4, -0.2) is 17.0 Å². The van der Waals surface area contributed by atoms with Gasteiger partial charge in [-0.1, -0.05) is 6.58 Å². The first-order valence-electron chi connectivity index (χ1n) is 3.77. The number of pyridine rings is 1. The van der Waals surface area contributed by atoms with Gasteiger partial charge in [0.15, 0.2) is 5.75 Å². The fourth-order valence-electron chi connectivity index (χ4n) is 0.692. The minimum absolute atomic E-state index is 0.266. The molecule has 1 rings (SSSR count). The molecular formula is C9H8N2O3. The third-order valence-electron chi connectivity index (χ3n) is 1.26. The van der Waals surface area contributed by atoms with Gasteiger partial charge in [-0.15, -0.1) is 0 Å². The molecule has 5 nitrogen and oxygen atoms in total. The molecule has 0 spiro atoms. The summed E-state index contributed by atoms with van der Waals surface area (Å²) >= 11 is 0. The first kappa shape index (κ1) is 9.91. The maximum atomic E-state index is 11.0. The number of hydrogen-bond donors (Lipinski definition) is 1. The second-order valence-electron chi connectivity index (χ2n) is 2.27. The van der Waals surface area contributed by atoms with Crippen LogP contribution in [0.3, 0.4) is 0 Å². The van der Waals surface area contributed by atoms with Crippen molar-refractivity contribution in [3.05, 3.63) is 37.2 Å². The highest BCUT2D eigenvalue weighted by atomic mass is 16.6. The summed E-state index contributed by atoms with van der Waals surface area (Å²) in [6.07, 6.45) is 3.02. The van der Waals surface area contributed by atoms with Crippen molar-refractivity contribution in [3.8, 4) is 5.75 Å². The van der Waals surface area contributed by atoms with Crippen LogP contribution in [0.4, 0.5) is 4.79 Å². The summed E-state index contributed by atoms with van der Waals surface area (Å²) < 4.78 is 4.71. The van der Waals surface area contributed by atoms with Crippen LogP contribution in [0.15, 0.2) is 37.2 Å². The van der Waals surface area contributed by atoms with E-state index in [1.165, 1.54) is 6.20 Å². The Balaban J connectivity index is 2.50. The highest BCUT2D eigenvalue weighted by molar-refractivity contribution is 5.98. The second kappa shape index (κ2) is 4.76. The van der Waals surface area contributed by atoms with Gasteiger partial charge in [0.05, 0.1) is 6.20 Å². The van der Waals surface area contributed by atoms with Gasteiger partial charge >= 0.3 is 6.09 Å². The number of nitrogens with one attached hydrogen (secondary N) is 1. The van der Waals surface area contributed by atoms with Crippen LogP contribution in [0, 0.1) is 0 Å². The van der Waals surface area contributed by atoms with Crippen molar-refractivity contribution < 1.29 is 14.3 Å². The first-order valence-corrected chi connectivity index (χ1v) is 3.77. The molecule has 0 aromatic carbocycles. The fourth-order valence-corrected chi connectivity index (χ4v) is 0.692. The summed E-state index contributed by atoms with van der Waals surface area (Å²) in [7, 11) is 0. The van der Waals surface area contributed by atoms with E-state index in [9.17, 15) is 9.59 Å². The van der Waals surface area contributed by atoms with E-state index in [-0.39, 0.29) is 5.75 Å². The van der Waals surface area contributed by atoms with Gasteiger partial charge in [-0.3, -0.25) is 15.1 Å². The van der Waals surface area contributed by atoms with Crippen LogP contribution in [0.25, 0.3) is 0 Å². The Bertz CT molecular complexity index is 348. The highest BCUT2D eigenvalue weighted by Crippen LogP contribution is 2.05. The molecule has 0 atom stereocenters. The number of amides is 2. The van der Waals surface area contributed by atoms with Gasteiger partial charge in [0.2, 0.25) is 0 Å². The zero-order valence-electron chi connectivity index (χ0n) is 7.27. The van der Waals surface area contributed by atoms with Crippen molar-refractivity contribution >= 4 is 12.0 Å². The van der Waals surface area contributed by atoms with Gasteiger partial charge in [-0.2, -0.15) is 0 Å². The number of rotatable bonds is 2. The molecule has 72 valence electrons. The van der Waals surface area contributed by atoms with Crippen molar-refractivity contribution in [1.29, 1.82) is 0 Å². The van der Waals surface area contributed by atoms with E-state index in [4.69, 9.17) is 4.74 Å². The average Bonchev–Trinajstić information content (AvgIpc) is 2.19. The smallest absolute Gasteiger partial charge is 0.408 e. The third kappa shape index (κ3) is 3.06. The molecule has 0 aliphatic carbocycles. The molecule has 0 aliphatic heterocycles. The molecule has 0 saturated heterocycles. The molecule has 1 aromatic rings. The molecule has 0 fully saturated rings. The van der Waals surface area contributed by atoms with Gasteiger partial charge in [-0.05, 0) is 18.2 Å². The third-order valence-corrected chi connectivity index (χ3v) is 1.26. The Kier molecular flexibility index (Phi) is 3.37. The number of carbonyl (C=O) groups excluding carboxylic acids is 2. The van der Waals surface area contributed by atoms with E-state index in [2.05, 4.69) is 11.6 Å². The molecule has 1 N–H and O–H groups in total. The van der Waals surface area contributed by atoms with Crippen LogP contribution in [0.1, 0.15) is 0 Å². The summed E-state index contributed by atoms with van der Waals surface area (Å²) in [5.74, 6) is -0.347. The average molecular weight is 192 g/mol. The molecule has 0 unspecified atom stereocenters. The minimum atomic E-state index is -0.858. The van der Waals surface area contributed by atoms with Gasteiger partial charge < -0.3 is 4.74 Å². The zero-order chi connectivity index (χ0) is 10.4. The largest absolute Gasteiger partial charge is 0.419 e. The van der Waals surface area contributed by atoms with Gasteiger partial charge in [-0.25, -0.2) is 4.79 Å². The zero-order valence-corrected chi connectivity index (χ0v) is 7.27. The fraction of sp³-hybridized carbons (Fsp3) is 0. The standard InChI is InChI=1S/C9H8N2O3/c1-2-8(12)11-9(13)14-7-4-3-5-10-6-7/h2-6H,1H2,(H,11,12,13). The van der Waals surface area contributed by atoms with Crippen molar-refractivity contribution in [2.75, 3.05) is 0 Å². The molecule has 0 saturated carbocycles. The molecule has 0 bridgehead atoms. The molecular weight excluding hydrogens is 184 g/mol. The van der Waals surface area contributed by atoms with E-state index >= 15 is 0 Å². The summed E-state index contributed by atoms with van der Waals surface area (Å²) in [6.45, 7) is 3.19. The maximum Gasteiger partial charge on any atom is 0.419 e. The number of carbonyl (C=O) groups is 2. The molecule has 0 radical (unpaired) electrons. The summed E-state index contributed by atoms with van der Waals surface area (Å²) in [5.41, 5.74) is 0. The second-order valence-corrected chi connectivity index (χ2v) is 2.27. The van der Waals surface area contributed by atoms with E-state index in [1.807, 2.05) is 5.32 Å². The summed E-state index contributed by atoms with van der Waals surface area (Å²) in [5, 5.41) is 1.93. The Morgan fingerprint density at radius 3 is 2.93 bits per heavy atom. The van der Waals surface area contributed by atoms with Crippen molar-refractivity contribution in [2.24, 2.45) is 0 Å². The lowest BCUT2D eigenvalue weighted by atomic mass is 10.5. The van der Waals surface area contributed by atoms with Crippen LogP contribution in [-0.2, 0) is 4.79 Å². The lowest BCUT2D eigenvalue weighted by molar-refractivity contribution is -0.115. The maximum absolute atomic E-state index is 11.0. The molecule has 1 heterocycles. The van der Waals surface area contributed by atoms with Gasteiger partial charge in [0.25, 0.3) is 5.91 Å². The van der Waals surface area contributed by atoms with E-state index in [0.29, 0.717) is 0 Å². The Labute approximate surface area is 80.4 Å². The molecule has 1 aromatic heterocycles. The minimum Gasteiger partial charge on any atom is -0.408 e. The SMILES string of the molecule is C=CC(=O)NC(=O)Oc1cccnc1. The monoisotopic (exact) mass is 192 g/mol. The van der Waals surface area contributed by atoms with Crippen LogP contribution in [0.2, 0.25) is 0 Å².